The fourth-order valence-corrected chi connectivity index (χ4v) is 6.73. The summed E-state index contributed by atoms with van der Waals surface area (Å²) in [6.07, 6.45) is 0. The van der Waals surface area contributed by atoms with E-state index in [1.54, 1.807) is 0 Å². The van der Waals surface area contributed by atoms with Crippen LogP contribution in [-0.4, -0.2) is 4.57 Å². The molecule has 0 amide bonds. The summed E-state index contributed by atoms with van der Waals surface area (Å²) < 4.78 is 9.19. The molecule has 9 aromatic rings. The number of hydrogen-bond acceptors (Lipinski definition) is 1. The molecule has 0 N–H and O–H groups in total. The van der Waals surface area contributed by atoms with Gasteiger partial charge in [0, 0.05) is 27.2 Å². The maximum atomic E-state index is 6.77. The quantitative estimate of drug-likeness (QED) is 0.220. The highest BCUT2D eigenvalue weighted by molar-refractivity contribution is 6.35. The molecule has 196 valence electrons. The van der Waals surface area contributed by atoms with E-state index in [-0.39, 0.29) is 0 Å². The Bertz CT molecular complexity index is 2390. The predicted octanol–water partition coefficient (Wildman–Crippen LogP) is 11.2. The van der Waals surface area contributed by atoms with E-state index < -0.39 is 0 Å². The number of benzene rings is 7. The van der Waals surface area contributed by atoms with E-state index in [0.29, 0.717) is 0 Å². The largest absolute Gasteiger partial charge is 0.454 e. The van der Waals surface area contributed by atoms with E-state index in [2.05, 4.69) is 156 Å². The molecular weight excluding hydrogens is 510 g/mol. The Morgan fingerprint density at radius 3 is 1.60 bits per heavy atom. The van der Waals surface area contributed by atoms with Crippen LogP contribution in [0.2, 0.25) is 0 Å². The zero-order valence-electron chi connectivity index (χ0n) is 22.8. The molecule has 42 heavy (non-hydrogen) atoms. The number of hydrogen-bond donors (Lipinski definition) is 0. The summed E-state index contributed by atoms with van der Waals surface area (Å²) in [5.74, 6) is 0. The molecule has 0 fully saturated rings. The summed E-state index contributed by atoms with van der Waals surface area (Å²) in [6, 6.07) is 54.2. The van der Waals surface area contributed by atoms with Gasteiger partial charge in [0.1, 0.15) is 5.58 Å². The van der Waals surface area contributed by atoms with Crippen LogP contribution in [0.25, 0.3) is 82.5 Å². The molecule has 2 heteroatoms. The molecule has 9 rings (SSSR count). The third kappa shape index (κ3) is 3.33. The highest BCUT2D eigenvalue weighted by Gasteiger charge is 2.23. The van der Waals surface area contributed by atoms with E-state index in [4.69, 9.17) is 4.42 Å². The van der Waals surface area contributed by atoms with Crippen LogP contribution in [-0.2, 0) is 0 Å². The second-order valence-electron chi connectivity index (χ2n) is 10.9. The molecule has 0 bridgehead atoms. The molecular formula is C40H25NO. The molecule has 0 atom stereocenters. The lowest BCUT2D eigenvalue weighted by Gasteiger charge is -2.14. The van der Waals surface area contributed by atoms with Gasteiger partial charge >= 0.3 is 0 Å². The van der Waals surface area contributed by atoms with Crippen molar-refractivity contribution in [3.05, 3.63) is 152 Å². The molecule has 0 aliphatic heterocycles. The number of furan rings is 1. The lowest BCUT2D eigenvalue weighted by Crippen LogP contribution is -1.96. The highest BCUT2D eigenvalue weighted by atomic mass is 16.3. The van der Waals surface area contributed by atoms with Gasteiger partial charge in [-0.15, -0.1) is 0 Å². The maximum Gasteiger partial charge on any atom is 0.160 e. The fourth-order valence-electron chi connectivity index (χ4n) is 6.73. The minimum Gasteiger partial charge on any atom is -0.454 e. The Kier molecular flexibility index (Phi) is 4.93. The van der Waals surface area contributed by atoms with Crippen molar-refractivity contribution < 1.29 is 4.42 Å². The molecule has 0 unspecified atom stereocenters. The van der Waals surface area contributed by atoms with Crippen LogP contribution in [0.15, 0.2) is 156 Å². The van der Waals surface area contributed by atoms with Gasteiger partial charge in [-0.25, -0.2) is 0 Å². The summed E-state index contributed by atoms with van der Waals surface area (Å²) in [4.78, 5) is 0. The summed E-state index contributed by atoms with van der Waals surface area (Å²) in [5.41, 5.74) is 9.95. The number of rotatable bonds is 3. The Labute approximate surface area is 242 Å². The van der Waals surface area contributed by atoms with Crippen LogP contribution in [0.5, 0.6) is 0 Å². The second-order valence-corrected chi connectivity index (χ2v) is 10.9. The molecule has 7 aromatic carbocycles. The lowest BCUT2D eigenvalue weighted by molar-refractivity contribution is 0.671. The van der Waals surface area contributed by atoms with E-state index in [0.717, 1.165) is 33.3 Å². The second kappa shape index (κ2) is 8.95. The van der Waals surface area contributed by atoms with Crippen molar-refractivity contribution in [3.63, 3.8) is 0 Å². The third-order valence-electron chi connectivity index (χ3n) is 8.54. The lowest BCUT2D eigenvalue weighted by atomic mass is 9.97. The van der Waals surface area contributed by atoms with Crippen LogP contribution in [0.4, 0.5) is 0 Å². The number of para-hydroxylation sites is 2. The monoisotopic (exact) mass is 535 g/mol. The van der Waals surface area contributed by atoms with E-state index in [9.17, 15) is 0 Å². The van der Waals surface area contributed by atoms with Crippen molar-refractivity contribution in [2.24, 2.45) is 0 Å². The van der Waals surface area contributed by atoms with E-state index in [1.807, 2.05) is 0 Å². The molecule has 0 saturated heterocycles. The molecule has 0 saturated carbocycles. The van der Waals surface area contributed by atoms with Crippen LogP contribution < -0.4 is 0 Å². The molecule has 2 aromatic heterocycles. The van der Waals surface area contributed by atoms with Gasteiger partial charge in [0.2, 0.25) is 0 Å². The van der Waals surface area contributed by atoms with Crippen LogP contribution in [0, 0.1) is 0 Å². The van der Waals surface area contributed by atoms with E-state index >= 15 is 0 Å². The minimum absolute atomic E-state index is 0.907. The molecule has 0 radical (unpaired) electrons. The van der Waals surface area contributed by atoms with Gasteiger partial charge in [0.15, 0.2) is 5.58 Å². The molecule has 2 nitrogen and oxygen atoms in total. The zero-order chi connectivity index (χ0) is 27.6. The topological polar surface area (TPSA) is 18.1 Å². The standard InChI is InChI=1S/C40H25NO/c1-3-13-26(14-4-1)28-23-29(27-15-5-2-6-16-27)25-30(24-28)41-35-21-11-9-19-33(35)37-31-17-7-8-18-32(31)38-34-20-10-12-22-36(34)42-40(38)39(37)41/h1-25H. The predicted molar refractivity (Wildman–Crippen MR) is 176 cm³/mol. The summed E-state index contributed by atoms with van der Waals surface area (Å²) in [5, 5.41) is 7.21. The Hall–Kier alpha value is -5.60. The van der Waals surface area contributed by atoms with Crippen molar-refractivity contribution in [3.8, 4) is 27.9 Å². The average Bonchev–Trinajstić information content (AvgIpc) is 3.62. The van der Waals surface area contributed by atoms with Crippen molar-refractivity contribution >= 4 is 54.5 Å². The van der Waals surface area contributed by atoms with E-state index in [1.165, 1.54) is 49.2 Å². The van der Waals surface area contributed by atoms with Crippen molar-refractivity contribution in [1.29, 1.82) is 0 Å². The van der Waals surface area contributed by atoms with Crippen molar-refractivity contribution in [2.75, 3.05) is 0 Å². The summed E-state index contributed by atoms with van der Waals surface area (Å²) in [7, 11) is 0. The molecule has 2 heterocycles. The summed E-state index contributed by atoms with van der Waals surface area (Å²) >= 11 is 0. The Morgan fingerprint density at radius 1 is 0.405 bits per heavy atom. The number of aromatic nitrogens is 1. The minimum atomic E-state index is 0.907. The molecule has 0 spiro atoms. The van der Waals surface area contributed by atoms with Gasteiger partial charge in [-0.2, -0.15) is 0 Å². The van der Waals surface area contributed by atoms with Gasteiger partial charge < -0.3 is 8.98 Å². The van der Waals surface area contributed by atoms with Crippen LogP contribution in [0.3, 0.4) is 0 Å². The first-order valence-electron chi connectivity index (χ1n) is 14.4. The number of fused-ring (bicyclic) bond motifs is 10. The highest BCUT2D eigenvalue weighted by Crippen LogP contribution is 2.46. The van der Waals surface area contributed by atoms with Gasteiger partial charge in [0.25, 0.3) is 0 Å². The van der Waals surface area contributed by atoms with Crippen molar-refractivity contribution in [2.45, 2.75) is 0 Å². The first-order valence-corrected chi connectivity index (χ1v) is 14.4. The molecule has 0 aliphatic rings. The maximum absolute atomic E-state index is 6.77. The average molecular weight is 536 g/mol. The Balaban J connectivity index is 1.50. The Morgan fingerprint density at radius 2 is 0.929 bits per heavy atom. The first kappa shape index (κ1) is 23.1. The van der Waals surface area contributed by atoms with Gasteiger partial charge in [0.05, 0.1) is 11.0 Å². The summed E-state index contributed by atoms with van der Waals surface area (Å²) in [6.45, 7) is 0. The van der Waals surface area contributed by atoms with Gasteiger partial charge in [-0.3, -0.25) is 0 Å². The third-order valence-corrected chi connectivity index (χ3v) is 8.54. The zero-order valence-corrected chi connectivity index (χ0v) is 22.8. The van der Waals surface area contributed by atoms with Gasteiger partial charge in [-0.1, -0.05) is 121 Å². The normalized spacial score (nSPS) is 11.8. The van der Waals surface area contributed by atoms with Crippen LogP contribution >= 0.6 is 0 Å². The molecule has 0 aliphatic carbocycles. The first-order chi connectivity index (χ1) is 20.8. The van der Waals surface area contributed by atoms with Crippen LogP contribution in [0.1, 0.15) is 0 Å². The number of nitrogens with zero attached hydrogens (tertiary/aromatic N) is 1. The smallest absolute Gasteiger partial charge is 0.160 e. The van der Waals surface area contributed by atoms with Crippen molar-refractivity contribution in [1.82, 2.24) is 4.57 Å². The fraction of sp³-hybridized carbons (Fsp3) is 0. The SMILES string of the molecule is c1ccc(-c2cc(-c3ccccc3)cc(-n3c4ccccc4c4c5ccccc5c5c6ccccc6oc5c43)c2)cc1. The van der Waals surface area contributed by atoms with Gasteiger partial charge in [-0.05, 0) is 63.4 Å².